The molecule has 0 saturated heterocycles. The molecular formula is C23H27N3O4S. The minimum atomic E-state index is -3.71. The molecule has 3 rings (SSSR count). The van der Waals surface area contributed by atoms with Crippen LogP contribution in [0.3, 0.4) is 0 Å². The zero-order chi connectivity index (χ0) is 22.4. The SMILES string of the molecule is CCN(c1ccccc1)S(=O)(=O)c1ccc(N(C)Cc2ccc(OC)cc2OC)nc1. The maximum atomic E-state index is 13.1. The standard InChI is InChI=1S/C23H27N3O4S/c1-5-26(19-9-7-6-8-10-19)31(27,28)21-13-14-23(24-16-21)25(2)17-18-11-12-20(29-3)15-22(18)30-4/h6-16H,5,17H2,1-4H3. The van der Waals surface area contributed by atoms with E-state index in [4.69, 9.17) is 9.47 Å². The van der Waals surface area contributed by atoms with Crippen molar-refractivity contribution in [3.63, 3.8) is 0 Å². The number of ether oxygens (including phenoxy) is 2. The van der Waals surface area contributed by atoms with Crippen LogP contribution in [0.2, 0.25) is 0 Å². The van der Waals surface area contributed by atoms with Gasteiger partial charge in [-0.1, -0.05) is 18.2 Å². The second-order valence-electron chi connectivity index (χ2n) is 6.89. The number of nitrogens with zero attached hydrogens (tertiary/aromatic N) is 3. The molecule has 31 heavy (non-hydrogen) atoms. The number of hydrogen-bond donors (Lipinski definition) is 0. The van der Waals surface area contributed by atoms with E-state index in [9.17, 15) is 8.42 Å². The molecule has 0 aliphatic carbocycles. The van der Waals surface area contributed by atoms with E-state index in [1.54, 1.807) is 38.5 Å². The van der Waals surface area contributed by atoms with Gasteiger partial charge in [0.1, 0.15) is 22.2 Å². The lowest BCUT2D eigenvalue weighted by Gasteiger charge is -2.23. The average molecular weight is 442 g/mol. The lowest BCUT2D eigenvalue weighted by atomic mass is 10.2. The summed E-state index contributed by atoms with van der Waals surface area (Å²) in [6, 6.07) is 18.0. The maximum absolute atomic E-state index is 13.1. The molecule has 0 bridgehead atoms. The van der Waals surface area contributed by atoms with Gasteiger partial charge in [0.2, 0.25) is 0 Å². The summed E-state index contributed by atoms with van der Waals surface area (Å²) in [6.45, 7) is 2.67. The van der Waals surface area contributed by atoms with E-state index in [0.717, 1.165) is 11.3 Å². The Kier molecular flexibility index (Phi) is 7.02. The third-order valence-electron chi connectivity index (χ3n) is 4.93. The van der Waals surface area contributed by atoms with Crippen LogP contribution in [-0.4, -0.2) is 41.2 Å². The number of hydrogen-bond acceptors (Lipinski definition) is 6. The Morgan fingerprint density at radius 1 is 0.968 bits per heavy atom. The average Bonchev–Trinajstić information content (AvgIpc) is 2.80. The topological polar surface area (TPSA) is 72.0 Å². The van der Waals surface area contributed by atoms with Crippen molar-refractivity contribution in [2.45, 2.75) is 18.4 Å². The van der Waals surface area contributed by atoms with Crippen LogP contribution in [0.1, 0.15) is 12.5 Å². The molecule has 0 aliphatic rings. The van der Waals surface area contributed by atoms with Gasteiger partial charge in [0.15, 0.2) is 0 Å². The highest BCUT2D eigenvalue weighted by Crippen LogP contribution is 2.27. The lowest BCUT2D eigenvalue weighted by Crippen LogP contribution is -2.30. The second-order valence-corrected chi connectivity index (χ2v) is 8.75. The molecule has 0 atom stereocenters. The Morgan fingerprint density at radius 3 is 2.29 bits per heavy atom. The summed E-state index contributed by atoms with van der Waals surface area (Å²) in [7, 11) is 1.41. The molecule has 8 heteroatoms. The molecule has 0 amide bonds. The van der Waals surface area contributed by atoms with Crippen molar-refractivity contribution >= 4 is 21.5 Å². The van der Waals surface area contributed by atoms with Crippen molar-refractivity contribution in [2.75, 3.05) is 37.0 Å². The first-order valence-electron chi connectivity index (χ1n) is 9.86. The molecule has 0 unspecified atom stereocenters. The summed E-state index contributed by atoms with van der Waals surface area (Å²) in [5.74, 6) is 2.08. The number of pyridine rings is 1. The number of benzene rings is 2. The number of anilines is 2. The Balaban J connectivity index is 1.81. The number of para-hydroxylation sites is 1. The van der Waals surface area contributed by atoms with Crippen molar-refractivity contribution in [2.24, 2.45) is 0 Å². The van der Waals surface area contributed by atoms with Crippen LogP contribution in [0, 0.1) is 0 Å². The molecule has 1 aromatic heterocycles. The molecule has 7 nitrogen and oxygen atoms in total. The zero-order valence-corrected chi connectivity index (χ0v) is 19.0. The van der Waals surface area contributed by atoms with Gasteiger partial charge in [0.05, 0.1) is 19.9 Å². The zero-order valence-electron chi connectivity index (χ0n) is 18.1. The van der Waals surface area contributed by atoms with E-state index in [2.05, 4.69) is 4.98 Å². The van der Waals surface area contributed by atoms with E-state index < -0.39 is 10.0 Å². The van der Waals surface area contributed by atoms with Gasteiger partial charge < -0.3 is 14.4 Å². The molecule has 0 aliphatic heterocycles. The fourth-order valence-electron chi connectivity index (χ4n) is 3.28. The van der Waals surface area contributed by atoms with Crippen LogP contribution >= 0.6 is 0 Å². The minimum Gasteiger partial charge on any atom is -0.497 e. The Bertz CT molecular complexity index is 1100. The molecule has 3 aromatic rings. The number of rotatable bonds is 9. The summed E-state index contributed by atoms with van der Waals surface area (Å²) in [5, 5.41) is 0. The monoisotopic (exact) mass is 441 g/mol. The minimum absolute atomic E-state index is 0.150. The van der Waals surface area contributed by atoms with Crippen LogP contribution in [-0.2, 0) is 16.6 Å². The summed E-state index contributed by atoms with van der Waals surface area (Å²) >= 11 is 0. The van der Waals surface area contributed by atoms with Crippen LogP contribution in [0.4, 0.5) is 11.5 Å². The third-order valence-corrected chi connectivity index (χ3v) is 6.82. The first kappa shape index (κ1) is 22.4. The van der Waals surface area contributed by atoms with Gasteiger partial charge in [-0.3, -0.25) is 4.31 Å². The molecule has 0 saturated carbocycles. The Hall–Kier alpha value is -3.26. The summed E-state index contributed by atoms with van der Waals surface area (Å²) < 4.78 is 38.3. The van der Waals surface area contributed by atoms with E-state index in [-0.39, 0.29) is 4.90 Å². The molecule has 164 valence electrons. The van der Waals surface area contributed by atoms with Gasteiger partial charge in [0, 0.05) is 38.0 Å². The second kappa shape index (κ2) is 9.70. The first-order valence-corrected chi connectivity index (χ1v) is 11.3. The van der Waals surface area contributed by atoms with Crippen LogP contribution in [0.15, 0.2) is 71.8 Å². The Labute approximate surface area is 183 Å². The first-order chi connectivity index (χ1) is 14.9. The van der Waals surface area contributed by atoms with Gasteiger partial charge in [-0.25, -0.2) is 13.4 Å². The van der Waals surface area contributed by atoms with Crippen LogP contribution in [0.5, 0.6) is 11.5 Å². The van der Waals surface area contributed by atoms with Gasteiger partial charge >= 0.3 is 0 Å². The highest BCUT2D eigenvalue weighted by molar-refractivity contribution is 7.92. The number of aromatic nitrogens is 1. The van der Waals surface area contributed by atoms with Crippen molar-refractivity contribution in [1.29, 1.82) is 0 Å². The van der Waals surface area contributed by atoms with E-state index in [0.29, 0.717) is 30.3 Å². The molecule has 0 spiro atoms. The molecule has 1 heterocycles. The number of methoxy groups -OCH3 is 2. The predicted octanol–water partition coefficient (Wildman–Crippen LogP) is 3.95. The molecular weight excluding hydrogens is 414 g/mol. The third kappa shape index (κ3) is 4.91. The maximum Gasteiger partial charge on any atom is 0.265 e. The lowest BCUT2D eigenvalue weighted by molar-refractivity contribution is 0.391. The smallest absolute Gasteiger partial charge is 0.265 e. The van der Waals surface area contributed by atoms with Crippen LogP contribution in [0.25, 0.3) is 0 Å². The van der Waals surface area contributed by atoms with Gasteiger partial charge in [-0.15, -0.1) is 0 Å². The van der Waals surface area contributed by atoms with Gasteiger partial charge in [-0.05, 0) is 43.3 Å². The number of sulfonamides is 1. The molecule has 0 radical (unpaired) electrons. The highest BCUT2D eigenvalue weighted by atomic mass is 32.2. The van der Waals surface area contributed by atoms with Gasteiger partial charge in [0.25, 0.3) is 10.0 Å². The summed E-state index contributed by atoms with van der Waals surface area (Å²) in [5.41, 5.74) is 1.59. The van der Waals surface area contributed by atoms with Gasteiger partial charge in [-0.2, -0.15) is 0 Å². The normalized spacial score (nSPS) is 11.1. The molecule has 0 N–H and O–H groups in total. The summed E-state index contributed by atoms with van der Waals surface area (Å²) in [6.07, 6.45) is 1.40. The largest absolute Gasteiger partial charge is 0.497 e. The van der Waals surface area contributed by atoms with Crippen molar-refractivity contribution in [3.05, 3.63) is 72.4 Å². The fourth-order valence-corrected chi connectivity index (χ4v) is 4.70. The van der Waals surface area contributed by atoms with E-state index in [1.807, 2.05) is 55.3 Å². The van der Waals surface area contributed by atoms with Crippen LogP contribution < -0.4 is 18.7 Å². The highest BCUT2D eigenvalue weighted by Gasteiger charge is 2.24. The molecule has 2 aromatic carbocycles. The Morgan fingerprint density at radius 2 is 1.71 bits per heavy atom. The fraction of sp³-hybridized carbons (Fsp3) is 0.261. The predicted molar refractivity (Wildman–Crippen MR) is 123 cm³/mol. The molecule has 0 fully saturated rings. The quantitative estimate of drug-likeness (QED) is 0.501. The van der Waals surface area contributed by atoms with E-state index >= 15 is 0 Å². The van der Waals surface area contributed by atoms with Crippen molar-refractivity contribution in [1.82, 2.24) is 4.98 Å². The van der Waals surface area contributed by atoms with E-state index in [1.165, 1.54) is 10.5 Å². The van der Waals surface area contributed by atoms with Crippen molar-refractivity contribution in [3.8, 4) is 11.5 Å². The van der Waals surface area contributed by atoms with Crippen molar-refractivity contribution < 1.29 is 17.9 Å². The summed E-state index contributed by atoms with van der Waals surface area (Å²) in [4.78, 5) is 6.47.